The molecular formula is C31H27N3O3. The molecule has 4 aromatic carbocycles. The highest BCUT2D eigenvalue weighted by Crippen LogP contribution is 2.35. The summed E-state index contributed by atoms with van der Waals surface area (Å²) < 4.78 is 6.92. The third kappa shape index (κ3) is 3.85. The van der Waals surface area contributed by atoms with E-state index in [1.807, 2.05) is 36.4 Å². The summed E-state index contributed by atoms with van der Waals surface area (Å²) in [7, 11) is 0. The Kier molecular flexibility index (Phi) is 5.72. The summed E-state index contributed by atoms with van der Waals surface area (Å²) in [5.74, 6) is -0.335. The molecule has 0 aliphatic heterocycles. The Morgan fingerprint density at radius 1 is 0.919 bits per heavy atom. The maximum absolute atomic E-state index is 13.8. The van der Waals surface area contributed by atoms with Gasteiger partial charge in [0.1, 0.15) is 5.65 Å². The van der Waals surface area contributed by atoms with Crippen LogP contribution < -0.4 is 10.9 Å². The standard InChI is InChI=1S/C31H27N3O3/c1-19(2)31(36)37-18-5-3-4-17-32-24-16-15-22-28-21(24)11-8-12-23(28)30(35)34-26-14-7-10-20-9-6-13-25(27(20)26)33-29(22)34/h6-16,32H,1,3-5,17-18H2,2H3. The van der Waals surface area contributed by atoms with Gasteiger partial charge in [-0.05, 0) is 61.9 Å². The van der Waals surface area contributed by atoms with Gasteiger partial charge in [-0.1, -0.05) is 43.0 Å². The zero-order chi connectivity index (χ0) is 25.5. The molecule has 0 aliphatic rings. The fourth-order valence-corrected chi connectivity index (χ4v) is 5.21. The lowest BCUT2D eigenvalue weighted by atomic mass is 10.00. The number of fused-ring (bicyclic) bond motifs is 3. The summed E-state index contributed by atoms with van der Waals surface area (Å²) >= 11 is 0. The Hall–Kier alpha value is -4.45. The van der Waals surface area contributed by atoms with E-state index in [0.29, 0.717) is 23.2 Å². The predicted molar refractivity (Wildman–Crippen MR) is 151 cm³/mol. The van der Waals surface area contributed by atoms with E-state index in [0.717, 1.165) is 69.5 Å². The molecule has 0 saturated heterocycles. The number of carbonyl (C=O) groups excluding carboxylic acids is 1. The van der Waals surface area contributed by atoms with Gasteiger partial charge in [-0.3, -0.25) is 9.20 Å². The zero-order valence-electron chi connectivity index (χ0n) is 20.7. The summed E-state index contributed by atoms with van der Waals surface area (Å²) in [4.78, 5) is 30.3. The van der Waals surface area contributed by atoms with E-state index < -0.39 is 0 Å². The van der Waals surface area contributed by atoms with Crippen molar-refractivity contribution in [2.24, 2.45) is 0 Å². The molecule has 6 heteroatoms. The number of unbranched alkanes of at least 4 members (excludes halogenated alkanes) is 2. The smallest absolute Gasteiger partial charge is 0.333 e. The van der Waals surface area contributed by atoms with Crippen molar-refractivity contribution in [1.29, 1.82) is 0 Å². The average molecular weight is 490 g/mol. The van der Waals surface area contributed by atoms with E-state index in [-0.39, 0.29) is 11.5 Å². The first-order valence-electron chi connectivity index (χ1n) is 12.6. The minimum absolute atomic E-state index is 0.0553. The largest absolute Gasteiger partial charge is 0.462 e. The maximum atomic E-state index is 13.8. The molecule has 0 bridgehead atoms. The number of pyridine rings is 1. The lowest BCUT2D eigenvalue weighted by molar-refractivity contribution is -0.139. The summed E-state index contributed by atoms with van der Waals surface area (Å²) in [5.41, 5.74) is 3.80. The SMILES string of the molecule is C=C(C)C(=O)OCCCCCNc1ccc2c3c1cccc3c(=O)n1c3cccc4cccc(nc21)c43. The number of ether oxygens (including phenoxy) is 1. The molecule has 0 amide bonds. The van der Waals surface area contributed by atoms with Gasteiger partial charge in [-0.15, -0.1) is 0 Å². The van der Waals surface area contributed by atoms with E-state index in [4.69, 9.17) is 9.72 Å². The van der Waals surface area contributed by atoms with Crippen LogP contribution in [-0.4, -0.2) is 28.5 Å². The van der Waals surface area contributed by atoms with Gasteiger partial charge in [0.05, 0.1) is 17.6 Å². The van der Waals surface area contributed by atoms with Crippen molar-refractivity contribution >= 4 is 60.7 Å². The number of benzene rings is 4. The van der Waals surface area contributed by atoms with Gasteiger partial charge >= 0.3 is 5.97 Å². The van der Waals surface area contributed by atoms with Crippen molar-refractivity contribution < 1.29 is 9.53 Å². The summed E-state index contributed by atoms with van der Waals surface area (Å²) in [6, 6.07) is 22.2. The molecule has 0 spiro atoms. The molecule has 6 nitrogen and oxygen atoms in total. The van der Waals surface area contributed by atoms with E-state index >= 15 is 0 Å². The van der Waals surface area contributed by atoms with Gasteiger partial charge in [0, 0.05) is 44.7 Å². The first kappa shape index (κ1) is 23.0. The second-order valence-electron chi connectivity index (χ2n) is 9.52. The van der Waals surface area contributed by atoms with Crippen LogP contribution in [0.25, 0.3) is 49.0 Å². The molecule has 6 rings (SSSR count). The fourth-order valence-electron chi connectivity index (χ4n) is 5.21. The predicted octanol–water partition coefficient (Wildman–Crippen LogP) is 6.45. The minimum Gasteiger partial charge on any atom is -0.462 e. The van der Waals surface area contributed by atoms with Crippen LogP contribution in [0.3, 0.4) is 0 Å². The molecule has 2 heterocycles. The minimum atomic E-state index is -0.335. The highest BCUT2D eigenvalue weighted by atomic mass is 16.5. The molecular weight excluding hydrogens is 462 g/mol. The molecule has 0 saturated carbocycles. The van der Waals surface area contributed by atoms with Gasteiger partial charge < -0.3 is 10.1 Å². The monoisotopic (exact) mass is 489 g/mol. The Morgan fingerprint density at radius 2 is 1.70 bits per heavy atom. The fraction of sp³-hybridized carbons (Fsp3) is 0.194. The number of carbonyl (C=O) groups is 1. The summed E-state index contributed by atoms with van der Waals surface area (Å²) in [6.45, 7) is 6.43. The van der Waals surface area contributed by atoms with Crippen LogP contribution in [-0.2, 0) is 9.53 Å². The second kappa shape index (κ2) is 9.21. The van der Waals surface area contributed by atoms with E-state index in [1.165, 1.54) is 0 Å². The van der Waals surface area contributed by atoms with E-state index in [1.54, 1.807) is 11.3 Å². The van der Waals surface area contributed by atoms with Crippen molar-refractivity contribution in [2.45, 2.75) is 26.2 Å². The third-order valence-electron chi connectivity index (χ3n) is 6.97. The highest BCUT2D eigenvalue weighted by Gasteiger charge is 2.17. The molecule has 184 valence electrons. The Labute approximate surface area is 213 Å². The second-order valence-corrected chi connectivity index (χ2v) is 9.52. The number of hydrogen-bond donors (Lipinski definition) is 1. The van der Waals surface area contributed by atoms with Crippen LogP contribution in [0.4, 0.5) is 5.69 Å². The first-order valence-corrected chi connectivity index (χ1v) is 12.6. The molecule has 37 heavy (non-hydrogen) atoms. The Bertz CT molecular complexity index is 1880. The van der Waals surface area contributed by atoms with Crippen molar-refractivity contribution in [3.05, 3.63) is 89.2 Å². The molecule has 6 aromatic rings. The number of nitrogens with one attached hydrogen (secondary N) is 1. The van der Waals surface area contributed by atoms with Gasteiger partial charge in [0.15, 0.2) is 0 Å². The van der Waals surface area contributed by atoms with Crippen LogP contribution in [0.15, 0.2) is 83.7 Å². The van der Waals surface area contributed by atoms with Crippen LogP contribution in [0, 0.1) is 0 Å². The number of nitrogens with zero attached hydrogens (tertiary/aromatic N) is 2. The summed E-state index contributed by atoms with van der Waals surface area (Å²) in [5, 5.41) is 9.21. The molecule has 0 radical (unpaired) electrons. The molecule has 0 atom stereocenters. The summed E-state index contributed by atoms with van der Waals surface area (Å²) in [6.07, 6.45) is 2.68. The molecule has 2 aromatic heterocycles. The highest BCUT2D eigenvalue weighted by molar-refractivity contribution is 6.19. The molecule has 0 fully saturated rings. The van der Waals surface area contributed by atoms with Gasteiger partial charge in [0.2, 0.25) is 0 Å². The van der Waals surface area contributed by atoms with E-state index in [2.05, 4.69) is 42.2 Å². The molecule has 0 aliphatic carbocycles. The van der Waals surface area contributed by atoms with E-state index in [9.17, 15) is 9.59 Å². The average Bonchev–Trinajstić information content (AvgIpc) is 2.91. The topological polar surface area (TPSA) is 72.7 Å². The van der Waals surface area contributed by atoms with Crippen molar-refractivity contribution in [3.8, 4) is 0 Å². The van der Waals surface area contributed by atoms with Gasteiger partial charge in [0.25, 0.3) is 5.56 Å². The third-order valence-corrected chi connectivity index (χ3v) is 6.97. The Balaban J connectivity index is 1.35. The van der Waals surface area contributed by atoms with Crippen LogP contribution in [0.5, 0.6) is 0 Å². The van der Waals surface area contributed by atoms with Crippen LogP contribution in [0.1, 0.15) is 26.2 Å². The van der Waals surface area contributed by atoms with Gasteiger partial charge in [-0.25, -0.2) is 9.78 Å². The molecule has 0 unspecified atom stereocenters. The van der Waals surface area contributed by atoms with Gasteiger partial charge in [-0.2, -0.15) is 0 Å². The Morgan fingerprint density at radius 3 is 2.54 bits per heavy atom. The lowest BCUT2D eigenvalue weighted by Crippen LogP contribution is -2.16. The lowest BCUT2D eigenvalue weighted by Gasteiger charge is -2.16. The van der Waals surface area contributed by atoms with Crippen molar-refractivity contribution in [3.63, 3.8) is 0 Å². The number of rotatable bonds is 8. The van der Waals surface area contributed by atoms with Crippen LogP contribution in [0.2, 0.25) is 0 Å². The number of esters is 1. The zero-order valence-corrected chi connectivity index (χ0v) is 20.7. The van der Waals surface area contributed by atoms with Crippen LogP contribution >= 0.6 is 0 Å². The number of anilines is 1. The molecule has 1 N–H and O–H groups in total. The van der Waals surface area contributed by atoms with Crippen molar-refractivity contribution in [1.82, 2.24) is 9.38 Å². The van der Waals surface area contributed by atoms with Crippen molar-refractivity contribution in [2.75, 3.05) is 18.5 Å². The first-order chi connectivity index (χ1) is 18.0. The normalized spacial score (nSPS) is 11.7. The quantitative estimate of drug-likeness (QED) is 0.0875. The number of aromatic nitrogens is 2. The number of hydrogen-bond acceptors (Lipinski definition) is 5. The maximum Gasteiger partial charge on any atom is 0.333 e.